The monoisotopic (exact) mass is 463 g/mol. The van der Waals surface area contributed by atoms with Crippen LogP contribution in [0.25, 0.3) is 5.69 Å². The van der Waals surface area contributed by atoms with E-state index in [2.05, 4.69) is 10.4 Å². The Hall–Kier alpha value is -3.91. The fraction of sp³-hybridized carbons (Fsp3) is 0.235. The quantitative estimate of drug-likeness (QED) is 0.326. The Labute approximate surface area is 173 Å². The van der Waals surface area contributed by atoms with Gasteiger partial charge in [-0.1, -0.05) is 6.07 Å². The van der Waals surface area contributed by atoms with Gasteiger partial charge in [0.1, 0.15) is 0 Å². The summed E-state index contributed by atoms with van der Waals surface area (Å²) < 4.78 is 84.1. The van der Waals surface area contributed by atoms with Crippen LogP contribution in [-0.4, -0.2) is 31.8 Å². The number of methoxy groups -OCH3 is 1. The summed E-state index contributed by atoms with van der Waals surface area (Å²) in [6, 6.07) is 4.21. The summed E-state index contributed by atoms with van der Waals surface area (Å²) in [6.45, 7) is -0.335. The molecule has 0 aliphatic heterocycles. The molecule has 0 fully saturated rings. The summed E-state index contributed by atoms with van der Waals surface area (Å²) in [5, 5.41) is 17.8. The molecule has 0 aliphatic carbocycles. The van der Waals surface area contributed by atoms with Crippen LogP contribution in [0, 0.1) is 10.1 Å². The number of nitrogens with zero attached hydrogens (tertiary/aromatic N) is 5. The molecule has 0 radical (unpaired) electrons. The van der Waals surface area contributed by atoms with Crippen molar-refractivity contribution < 1.29 is 36.0 Å². The standard InChI is InChI=1S/C17H11F6N5O4/c1-32-14-4-9(2-3-13(14)28(30)31)8-26-15(29)27(25-24-26)12-6-10(16(18,19)20)5-11(7-12)17(21,22)23/h2-7H,8H2,1H3. The van der Waals surface area contributed by atoms with Crippen LogP contribution < -0.4 is 10.4 Å². The van der Waals surface area contributed by atoms with Gasteiger partial charge in [-0.15, -0.1) is 0 Å². The number of hydrogen-bond donors (Lipinski definition) is 0. The van der Waals surface area contributed by atoms with Crippen molar-refractivity contribution in [3.63, 3.8) is 0 Å². The van der Waals surface area contributed by atoms with Crippen molar-refractivity contribution in [1.82, 2.24) is 19.8 Å². The van der Waals surface area contributed by atoms with Crippen LogP contribution in [0.5, 0.6) is 5.75 Å². The van der Waals surface area contributed by atoms with Gasteiger partial charge in [-0.3, -0.25) is 10.1 Å². The molecule has 15 heteroatoms. The molecule has 0 N–H and O–H groups in total. The van der Waals surface area contributed by atoms with Gasteiger partial charge < -0.3 is 4.74 Å². The van der Waals surface area contributed by atoms with Crippen LogP contribution in [0.2, 0.25) is 0 Å². The summed E-state index contributed by atoms with van der Waals surface area (Å²) in [6.07, 6.45) is -10.2. The second-order valence-corrected chi connectivity index (χ2v) is 6.36. The molecule has 0 saturated carbocycles. The number of halogens is 6. The van der Waals surface area contributed by atoms with Crippen LogP contribution >= 0.6 is 0 Å². The molecule has 9 nitrogen and oxygen atoms in total. The third-order valence-electron chi connectivity index (χ3n) is 4.23. The molecule has 0 atom stereocenters. The Balaban J connectivity index is 2.03. The van der Waals surface area contributed by atoms with Gasteiger partial charge in [0, 0.05) is 6.07 Å². The minimum absolute atomic E-state index is 0.0812. The molecule has 1 aromatic heterocycles. The number of nitro groups is 1. The minimum atomic E-state index is -5.11. The molecule has 0 bridgehead atoms. The van der Waals surface area contributed by atoms with E-state index in [9.17, 15) is 41.3 Å². The lowest BCUT2D eigenvalue weighted by molar-refractivity contribution is -0.385. The third kappa shape index (κ3) is 4.55. The molecular weight excluding hydrogens is 452 g/mol. The molecule has 0 unspecified atom stereocenters. The number of nitro benzene ring substituents is 1. The van der Waals surface area contributed by atoms with E-state index in [1.54, 1.807) is 0 Å². The number of ether oxygens (including phenoxy) is 1. The third-order valence-corrected chi connectivity index (χ3v) is 4.23. The summed E-state index contributed by atoms with van der Waals surface area (Å²) >= 11 is 0. The van der Waals surface area contributed by atoms with E-state index < -0.39 is 39.8 Å². The van der Waals surface area contributed by atoms with Gasteiger partial charge in [-0.05, 0) is 40.3 Å². The first-order chi connectivity index (χ1) is 14.8. The fourth-order valence-electron chi connectivity index (χ4n) is 2.74. The van der Waals surface area contributed by atoms with Crippen LogP contribution in [0.1, 0.15) is 16.7 Å². The highest BCUT2D eigenvalue weighted by atomic mass is 19.4. The van der Waals surface area contributed by atoms with Crippen molar-refractivity contribution in [2.75, 3.05) is 7.11 Å². The maximum Gasteiger partial charge on any atom is 0.416 e. The number of rotatable bonds is 5. The molecule has 0 aliphatic rings. The lowest BCUT2D eigenvalue weighted by Gasteiger charge is -2.13. The van der Waals surface area contributed by atoms with Crippen molar-refractivity contribution in [1.29, 1.82) is 0 Å². The molecule has 2 aromatic carbocycles. The molecule has 170 valence electrons. The minimum Gasteiger partial charge on any atom is -0.490 e. The van der Waals surface area contributed by atoms with Gasteiger partial charge in [-0.25, -0.2) is 4.79 Å². The number of tetrazole rings is 1. The molecular formula is C17H11F6N5O4. The van der Waals surface area contributed by atoms with E-state index in [0.717, 1.165) is 6.07 Å². The lowest BCUT2D eigenvalue weighted by atomic mass is 10.1. The van der Waals surface area contributed by atoms with E-state index in [1.807, 2.05) is 0 Å². The first-order valence-corrected chi connectivity index (χ1v) is 8.45. The van der Waals surface area contributed by atoms with Crippen molar-refractivity contribution in [2.24, 2.45) is 0 Å². The SMILES string of the molecule is COc1cc(Cn2nnn(-c3cc(C(F)(F)F)cc(C(F)(F)F)c3)c2=O)ccc1[N+](=O)[O-]. The average Bonchev–Trinajstić information content (AvgIpc) is 3.06. The molecule has 3 rings (SSSR count). The topological polar surface area (TPSA) is 105 Å². The van der Waals surface area contributed by atoms with Gasteiger partial charge in [-0.2, -0.15) is 35.7 Å². The fourth-order valence-corrected chi connectivity index (χ4v) is 2.74. The molecule has 32 heavy (non-hydrogen) atoms. The van der Waals surface area contributed by atoms with Crippen LogP contribution in [-0.2, 0) is 18.9 Å². The second kappa shape index (κ2) is 7.97. The highest BCUT2D eigenvalue weighted by molar-refractivity contribution is 5.48. The maximum atomic E-state index is 13.1. The van der Waals surface area contributed by atoms with Crippen LogP contribution in [0.15, 0.2) is 41.2 Å². The highest BCUT2D eigenvalue weighted by Gasteiger charge is 2.37. The van der Waals surface area contributed by atoms with E-state index in [0.29, 0.717) is 16.8 Å². The van der Waals surface area contributed by atoms with Crippen LogP contribution in [0.4, 0.5) is 32.0 Å². The van der Waals surface area contributed by atoms with Gasteiger partial charge in [0.2, 0.25) is 0 Å². The maximum absolute atomic E-state index is 13.1. The first kappa shape index (κ1) is 22.8. The predicted octanol–water partition coefficient (Wildman–Crippen LogP) is 3.43. The van der Waals surface area contributed by atoms with Crippen molar-refractivity contribution in [3.8, 4) is 11.4 Å². The Kier molecular flexibility index (Phi) is 5.67. The lowest BCUT2D eigenvalue weighted by Crippen LogP contribution is -2.25. The summed E-state index contributed by atoms with van der Waals surface area (Å²) in [5.41, 5.74) is -5.23. The van der Waals surface area contributed by atoms with E-state index >= 15 is 0 Å². The zero-order chi connectivity index (χ0) is 23.8. The van der Waals surface area contributed by atoms with Gasteiger partial charge in [0.05, 0.1) is 35.4 Å². The van der Waals surface area contributed by atoms with E-state index in [-0.39, 0.29) is 34.3 Å². The van der Waals surface area contributed by atoms with Gasteiger partial charge >= 0.3 is 23.7 Å². The second-order valence-electron chi connectivity index (χ2n) is 6.36. The van der Waals surface area contributed by atoms with Crippen LogP contribution in [0.3, 0.4) is 0 Å². The number of hydrogen-bond acceptors (Lipinski definition) is 6. The predicted molar refractivity (Wildman–Crippen MR) is 94.4 cm³/mol. The first-order valence-electron chi connectivity index (χ1n) is 8.45. The Bertz CT molecular complexity index is 1200. The molecule has 3 aromatic rings. The molecule has 0 saturated heterocycles. The van der Waals surface area contributed by atoms with Gasteiger partial charge in [0.25, 0.3) is 0 Å². The number of aromatic nitrogens is 4. The number of benzene rings is 2. The molecule has 0 spiro atoms. The highest BCUT2D eigenvalue weighted by Crippen LogP contribution is 2.36. The van der Waals surface area contributed by atoms with Crippen molar-refractivity contribution in [3.05, 3.63) is 73.7 Å². The molecule has 1 heterocycles. The Morgan fingerprint density at radius 1 is 1.00 bits per heavy atom. The smallest absolute Gasteiger partial charge is 0.416 e. The Morgan fingerprint density at radius 2 is 1.59 bits per heavy atom. The van der Waals surface area contributed by atoms with E-state index in [4.69, 9.17) is 4.74 Å². The zero-order valence-corrected chi connectivity index (χ0v) is 15.8. The molecule has 0 amide bonds. The van der Waals surface area contributed by atoms with Crippen molar-refractivity contribution >= 4 is 5.69 Å². The average molecular weight is 463 g/mol. The number of alkyl halides is 6. The normalized spacial score (nSPS) is 12.1. The Morgan fingerprint density at radius 3 is 2.09 bits per heavy atom. The van der Waals surface area contributed by atoms with E-state index in [1.165, 1.54) is 19.2 Å². The summed E-state index contributed by atoms with van der Waals surface area (Å²) in [7, 11) is 1.18. The zero-order valence-electron chi connectivity index (χ0n) is 15.8. The van der Waals surface area contributed by atoms with Gasteiger partial charge in [0.15, 0.2) is 5.75 Å². The summed E-state index contributed by atoms with van der Waals surface area (Å²) in [4.78, 5) is 22.8. The van der Waals surface area contributed by atoms with Crippen molar-refractivity contribution in [2.45, 2.75) is 18.9 Å². The largest absolute Gasteiger partial charge is 0.490 e. The summed E-state index contributed by atoms with van der Waals surface area (Å²) in [5.74, 6) is -0.124.